The molecule has 10 heteroatoms. The summed E-state index contributed by atoms with van der Waals surface area (Å²) >= 11 is 0. The highest BCUT2D eigenvalue weighted by molar-refractivity contribution is 6.15. The number of nitrogen functional groups attached to an aromatic ring is 1. The van der Waals surface area contributed by atoms with Crippen molar-refractivity contribution in [3.63, 3.8) is 0 Å². The minimum atomic E-state index is -4.50. The molecule has 29 heavy (non-hydrogen) atoms. The van der Waals surface area contributed by atoms with E-state index in [0.717, 1.165) is 22.4 Å². The van der Waals surface area contributed by atoms with Crippen LogP contribution in [-0.2, 0) is 6.18 Å². The lowest BCUT2D eigenvalue weighted by Gasteiger charge is -2.12. The number of hydrogen-bond donors (Lipinski definition) is 1. The lowest BCUT2D eigenvalue weighted by atomic mass is 10.1. The van der Waals surface area contributed by atoms with Crippen LogP contribution in [0.25, 0.3) is 0 Å². The SMILES string of the molecule is Nc1nn2c(c1N=Nc1cccc(C(F)(F)F)c1)N=C(c1ccccc1)CC2=O. The molecule has 2 heterocycles. The van der Waals surface area contributed by atoms with Gasteiger partial charge < -0.3 is 5.73 Å². The van der Waals surface area contributed by atoms with E-state index < -0.39 is 11.7 Å². The van der Waals surface area contributed by atoms with Gasteiger partial charge in [-0.1, -0.05) is 36.4 Å². The topological polar surface area (TPSA) is 98.0 Å². The first-order valence-electron chi connectivity index (χ1n) is 8.46. The summed E-state index contributed by atoms with van der Waals surface area (Å²) in [4.78, 5) is 16.9. The molecule has 0 amide bonds. The Labute approximate surface area is 162 Å². The van der Waals surface area contributed by atoms with Crippen molar-refractivity contribution in [1.29, 1.82) is 0 Å². The van der Waals surface area contributed by atoms with E-state index in [0.29, 0.717) is 5.71 Å². The van der Waals surface area contributed by atoms with Crippen LogP contribution in [-0.4, -0.2) is 21.4 Å². The Morgan fingerprint density at radius 2 is 1.79 bits per heavy atom. The molecular formula is C19H13F3N6O. The van der Waals surface area contributed by atoms with Crippen LogP contribution in [0.4, 0.5) is 36.2 Å². The number of hydrogen-bond acceptors (Lipinski definition) is 6. The molecule has 146 valence electrons. The normalized spacial score (nSPS) is 14.2. The summed E-state index contributed by atoms with van der Waals surface area (Å²) in [6.45, 7) is 0. The Morgan fingerprint density at radius 3 is 2.52 bits per heavy atom. The zero-order chi connectivity index (χ0) is 20.6. The van der Waals surface area contributed by atoms with Gasteiger partial charge in [-0.25, -0.2) is 4.99 Å². The van der Waals surface area contributed by atoms with Gasteiger partial charge in [0.15, 0.2) is 17.3 Å². The molecule has 0 bridgehead atoms. The van der Waals surface area contributed by atoms with Crippen LogP contribution in [0.1, 0.15) is 22.3 Å². The Balaban J connectivity index is 1.74. The van der Waals surface area contributed by atoms with Crippen molar-refractivity contribution in [2.75, 3.05) is 5.73 Å². The average Bonchev–Trinajstić information content (AvgIpc) is 3.02. The van der Waals surface area contributed by atoms with Crippen molar-refractivity contribution in [2.45, 2.75) is 12.6 Å². The van der Waals surface area contributed by atoms with Crippen LogP contribution in [0.3, 0.4) is 0 Å². The van der Waals surface area contributed by atoms with Gasteiger partial charge in [-0.05, 0) is 23.8 Å². The fourth-order valence-corrected chi connectivity index (χ4v) is 2.82. The number of halogens is 3. The highest BCUT2D eigenvalue weighted by Gasteiger charge is 2.30. The quantitative estimate of drug-likeness (QED) is 0.624. The molecule has 0 fully saturated rings. The molecule has 7 nitrogen and oxygen atoms in total. The van der Waals surface area contributed by atoms with Crippen LogP contribution < -0.4 is 5.73 Å². The van der Waals surface area contributed by atoms with Gasteiger partial charge in [0.2, 0.25) is 0 Å². The van der Waals surface area contributed by atoms with Gasteiger partial charge in [0, 0.05) is 0 Å². The molecule has 1 aliphatic rings. The molecule has 0 unspecified atom stereocenters. The van der Waals surface area contributed by atoms with E-state index in [9.17, 15) is 18.0 Å². The number of benzene rings is 2. The van der Waals surface area contributed by atoms with Gasteiger partial charge >= 0.3 is 6.18 Å². The smallest absolute Gasteiger partial charge is 0.380 e. The first-order valence-corrected chi connectivity index (χ1v) is 8.46. The number of rotatable bonds is 3. The van der Waals surface area contributed by atoms with Crippen molar-refractivity contribution in [1.82, 2.24) is 9.78 Å². The highest BCUT2D eigenvalue weighted by atomic mass is 19.4. The molecule has 1 aliphatic heterocycles. The average molecular weight is 398 g/mol. The van der Waals surface area contributed by atoms with E-state index in [2.05, 4.69) is 20.3 Å². The molecule has 0 saturated heterocycles. The Morgan fingerprint density at radius 1 is 1.03 bits per heavy atom. The summed E-state index contributed by atoms with van der Waals surface area (Å²) in [6.07, 6.45) is -4.47. The first-order chi connectivity index (χ1) is 13.8. The fourth-order valence-electron chi connectivity index (χ4n) is 2.82. The molecular weight excluding hydrogens is 385 g/mol. The number of fused-ring (bicyclic) bond motifs is 1. The van der Waals surface area contributed by atoms with Gasteiger partial charge in [0.1, 0.15) is 0 Å². The minimum Gasteiger partial charge on any atom is -0.380 e. The highest BCUT2D eigenvalue weighted by Crippen LogP contribution is 2.38. The van der Waals surface area contributed by atoms with Gasteiger partial charge in [-0.3, -0.25) is 4.79 Å². The summed E-state index contributed by atoms with van der Waals surface area (Å²) in [5.41, 5.74) is 6.26. The van der Waals surface area contributed by atoms with Gasteiger partial charge in [0.25, 0.3) is 5.91 Å². The lowest BCUT2D eigenvalue weighted by Crippen LogP contribution is -2.21. The predicted octanol–water partition coefficient (Wildman–Crippen LogP) is 5.06. The number of nitrogens with zero attached hydrogens (tertiary/aromatic N) is 5. The number of aromatic nitrogens is 2. The number of carbonyl (C=O) groups is 1. The molecule has 0 saturated carbocycles. The van der Waals surface area contributed by atoms with E-state index in [-0.39, 0.29) is 35.3 Å². The summed E-state index contributed by atoms with van der Waals surface area (Å²) in [5, 5.41) is 11.7. The molecule has 0 radical (unpaired) electrons. The van der Waals surface area contributed by atoms with Crippen LogP contribution in [0.15, 0.2) is 69.8 Å². The second-order valence-corrected chi connectivity index (χ2v) is 6.21. The van der Waals surface area contributed by atoms with E-state index in [1.54, 1.807) is 0 Å². The van der Waals surface area contributed by atoms with E-state index in [4.69, 9.17) is 5.73 Å². The molecule has 2 N–H and O–H groups in total. The maximum absolute atomic E-state index is 12.9. The monoisotopic (exact) mass is 398 g/mol. The van der Waals surface area contributed by atoms with E-state index in [1.807, 2.05) is 30.3 Å². The summed E-state index contributed by atoms with van der Waals surface area (Å²) in [7, 11) is 0. The number of nitrogens with two attached hydrogens (primary N) is 1. The van der Waals surface area contributed by atoms with Crippen molar-refractivity contribution in [2.24, 2.45) is 15.2 Å². The van der Waals surface area contributed by atoms with Gasteiger partial charge in [0.05, 0.1) is 23.4 Å². The van der Waals surface area contributed by atoms with Crippen molar-refractivity contribution < 1.29 is 18.0 Å². The second kappa shape index (κ2) is 6.97. The van der Waals surface area contributed by atoms with Crippen LogP contribution in [0.5, 0.6) is 0 Å². The molecule has 4 rings (SSSR count). The summed E-state index contributed by atoms with van der Waals surface area (Å²) in [6, 6.07) is 13.5. The molecule has 2 aromatic carbocycles. The van der Waals surface area contributed by atoms with Crippen molar-refractivity contribution >= 4 is 34.6 Å². The number of aliphatic imine (C=N–C) groups is 1. The van der Waals surface area contributed by atoms with Crippen LogP contribution >= 0.6 is 0 Å². The second-order valence-electron chi connectivity index (χ2n) is 6.21. The Kier molecular flexibility index (Phi) is 4.45. The Hall–Kier alpha value is -3.82. The molecule has 0 atom stereocenters. The zero-order valence-corrected chi connectivity index (χ0v) is 14.8. The van der Waals surface area contributed by atoms with Gasteiger partial charge in [-0.15, -0.1) is 10.2 Å². The van der Waals surface area contributed by atoms with Crippen LogP contribution in [0.2, 0.25) is 0 Å². The third-order valence-electron chi connectivity index (χ3n) is 4.20. The van der Waals surface area contributed by atoms with Crippen LogP contribution in [0, 0.1) is 0 Å². The molecule has 0 spiro atoms. The third-order valence-corrected chi connectivity index (χ3v) is 4.20. The summed E-state index contributed by atoms with van der Waals surface area (Å²) < 4.78 is 39.6. The van der Waals surface area contributed by atoms with Gasteiger partial charge in [-0.2, -0.15) is 23.0 Å². The maximum Gasteiger partial charge on any atom is 0.416 e. The standard InChI is InChI=1S/C19H13F3N6O/c20-19(21,22)12-7-4-8-13(9-12)25-26-16-17(23)27-28-15(29)10-14(24-18(16)28)11-5-2-1-3-6-11/h1-9H,10H2,(H2,23,27). The number of anilines is 1. The Bertz CT molecular complexity index is 1150. The molecule has 0 aliphatic carbocycles. The minimum absolute atomic E-state index is 0.0175. The predicted molar refractivity (Wildman–Crippen MR) is 100 cm³/mol. The zero-order valence-electron chi connectivity index (χ0n) is 14.8. The van der Waals surface area contributed by atoms with Crippen molar-refractivity contribution in [3.8, 4) is 0 Å². The number of alkyl halides is 3. The van der Waals surface area contributed by atoms with E-state index >= 15 is 0 Å². The number of azo groups is 1. The largest absolute Gasteiger partial charge is 0.416 e. The van der Waals surface area contributed by atoms with E-state index in [1.165, 1.54) is 12.1 Å². The number of carbonyl (C=O) groups excluding carboxylic acids is 1. The maximum atomic E-state index is 12.9. The molecule has 1 aromatic heterocycles. The lowest BCUT2D eigenvalue weighted by molar-refractivity contribution is -0.137. The summed E-state index contributed by atoms with van der Waals surface area (Å²) in [5.74, 6) is -0.350. The molecule has 3 aromatic rings. The van der Waals surface area contributed by atoms with Crippen molar-refractivity contribution in [3.05, 3.63) is 65.7 Å². The third kappa shape index (κ3) is 3.64. The fraction of sp³-hybridized carbons (Fsp3) is 0.105. The first kappa shape index (κ1) is 18.5.